The predicted octanol–water partition coefficient (Wildman–Crippen LogP) is 2.71. The van der Waals surface area contributed by atoms with Crippen molar-refractivity contribution in [2.45, 2.75) is 26.4 Å². The maximum atomic E-state index is 12.7. The average molecular weight is 312 g/mol. The smallest absolute Gasteiger partial charge is 0.254 e. The molecule has 1 aliphatic heterocycles. The largest absolute Gasteiger partial charge is 0.334 e. The van der Waals surface area contributed by atoms with Gasteiger partial charge in [-0.05, 0) is 48.6 Å². The fourth-order valence-corrected chi connectivity index (χ4v) is 3.83. The first kappa shape index (κ1) is 13.5. The average Bonchev–Trinajstić information content (AvgIpc) is 3.18. The van der Waals surface area contributed by atoms with Gasteiger partial charge in [-0.15, -0.1) is 16.4 Å². The van der Waals surface area contributed by atoms with E-state index in [9.17, 15) is 4.79 Å². The van der Waals surface area contributed by atoms with Gasteiger partial charge in [0.2, 0.25) is 0 Å². The number of nitrogens with zero attached hydrogens (tertiary/aromatic N) is 4. The van der Waals surface area contributed by atoms with E-state index < -0.39 is 0 Å². The molecular formula is C16H16N4OS. The molecule has 1 aliphatic rings. The summed E-state index contributed by atoms with van der Waals surface area (Å²) in [5, 5.41) is 10.3. The second kappa shape index (κ2) is 5.21. The Bertz CT molecular complexity index is 851. The molecule has 2 aromatic heterocycles. The van der Waals surface area contributed by atoms with Gasteiger partial charge in [0, 0.05) is 30.1 Å². The van der Waals surface area contributed by atoms with Crippen LogP contribution in [0.5, 0.6) is 0 Å². The molecule has 0 spiro atoms. The standard InChI is InChI=1S/C16H16N4OS/c1-2-20-14-4-3-11(9-13(14)17-18-20)16(21)19-7-5-15-12(10-19)6-8-22-15/h3-4,6,8-9H,2,5,7,10H2,1H3. The number of aromatic nitrogens is 3. The highest BCUT2D eigenvalue weighted by molar-refractivity contribution is 7.10. The Balaban J connectivity index is 1.63. The van der Waals surface area contributed by atoms with Crippen LogP contribution in [0, 0.1) is 0 Å². The van der Waals surface area contributed by atoms with Gasteiger partial charge in [0.1, 0.15) is 5.52 Å². The summed E-state index contributed by atoms with van der Waals surface area (Å²) in [6.07, 6.45) is 0.951. The maximum absolute atomic E-state index is 12.7. The quantitative estimate of drug-likeness (QED) is 0.731. The molecule has 0 unspecified atom stereocenters. The lowest BCUT2D eigenvalue weighted by molar-refractivity contribution is 0.0736. The summed E-state index contributed by atoms with van der Waals surface area (Å²) < 4.78 is 1.84. The van der Waals surface area contributed by atoms with Crippen molar-refractivity contribution in [2.24, 2.45) is 0 Å². The Morgan fingerprint density at radius 3 is 3.14 bits per heavy atom. The third-order valence-electron chi connectivity index (χ3n) is 4.16. The number of fused-ring (bicyclic) bond motifs is 2. The highest BCUT2D eigenvalue weighted by atomic mass is 32.1. The lowest BCUT2D eigenvalue weighted by Gasteiger charge is -2.27. The van der Waals surface area contributed by atoms with E-state index in [1.54, 1.807) is 11.3 Å². The van der Waals surface area contributed by atoms with Crippen molar-refractivity contribution in [1.82, 2.24) is 19.9 Å². The Hall–Kier alpha value is -2.21. The molecular weight excluding hydrogens is 296 g/mol. The van der Waals surface area contributed by atoms with Gasteiger partial charge in [0.25, 0.3) is 5.91 Å². The maximum Gasteiger partial charge on any atom is 0.254 e. The number of benzene rings is 1. The lowest BCUT2D eigenvalue weighted by atomic mass is 10.1. The summed E-state index contributed by atoms with van der Waals surface area (Å²) >= 11 is 1.78. The van der Waals surface area contributed by atoms with Crippen molar-refractivity contribution in [2.75, 3.05) is 6.54 Å². The van der Waals surface area contributed by atoms with Crippen LogP contribution < -0.4 is 0 Å². The molecule has 6 heteroatoms. The third kappa shape index (κ3) is 2.11. The Morgan fingerprint density at radius 1 is 1.36 bits per heavy atom. The number of carbonyl (C=O) groups is 1. The Labute approximate surface area is 132 Å². The predicted molar refractivity (Wildman–Crippen MR) is 86.0 cm³/mol. The number of rotatable bonds is 2. The van der Waals surface area contributed by atoms with Crippen LogP contribution in [0.4, 0.5) is 0 Å². The van der Waals surface area contributed by atoms with Crippen LogP contribution in [0.3, 0.4) is 0 Å². The molecule has 0 saturated heterocycles. The van der Waals surface area contributed by atoms with E-state index in [2.05, 4.69) is 21.8 Å². The minimum Gasteiger partial charge on any atom is -0.334 e. The van der Waals surface area contributed by atoms with Crippen molar-refractivity contribution in [1.29, 1.82) is 0 Å². The van der Waals surface area contributed by atoms with Crippen molar-refractivity contribution >= 4 is 28.3 Å². The molecule has 5 nitrogen and oxygen atoms in total. The van der Waals surface area contributed by atoms with E-state index in [4.69, 9.17) is 0 Å². The normalized spacial score (nSPS) is 14.3. The van der Waals surface area contributed by atoms with E-state index in [0.29, 0.717) is 12.1 Å². The van der Waals surface area contributed by atoms with E-state index in [-0.39, 0.29) is 5.91 Å². The van der Waals surface area contributed by atoms with Crippen LogP contribution in [0.15, 0.2) is 29.6 Å². The molecule has 0 aliphatic carbocycles. The first-order valence-electron chi connectivity index (χ1n) is 7.44. The second-order valence-corrected chi connectivity index (χ2v) is 6.46. The first-order chi connectivity index (χ1) is 10.8. The van der Waals surface area contributed by atoms with Crippen LogP contribution in [0.1, 0.15) is 27.7 Å². The molecule has 0 radical (unpaired) electrons. The number of thiophene rings is 1. The highest BCUT2D eigenvalue weighted by Crippen LogP contribution is 2.25. The van der Waals surface area contributed by atoms with Crippen LogP contribution in [-0.4, -0.2) is 32.3 Å². The molecule has 0 fully saturated rings. The van der Waals surface area contributed by atoms with Crippen molar-refractivity contribution in [3.8, 4) is 0 Å². The van der Waals surface area contributed by atoms with Crippen molar-refractivity contribution in [3.63, 3.8) is 0 Å². The van der Waals surface area contributed by atoms with Crippen molar-refractivity contribution in [3.05, 3.63) is 45.6 Å². The molecule has 1 amide bonds. The zero-order valence-corrected chi connectivity index (χ0v) is 13.1. The zero-order chi connectivity index (χ0) is 15.1. The van der Waals surface area contributed by atoms with E-state index in [1.807, 2.05) is 34.7 Å². The van der Waals surface area contributed by atoms with Crippen molar-refractivity contribution < 1.29 is 4.79 Å². The van der Waals surface area contributed by atoms with Gasteiger partial charge in [-0.25, -0.2) is 4.68 Å². The fraction of sp³-hybridized carbons (Fsp3) is 0.312. The molecule has 22 heavy (non-hydrogen) atoms. The topological polar surface area (TPSA) is 51.0 Å². The summed E-state index contributed by atoms with van der Waals surface area (Å²) in [5.41, 5.74) is 3.72. The number of hydrogen-bond donors (Lipinski definition) is 0. The number of carbonyl (C=O) groups excluding carboxylic acids is 1. The third-order valence-corrected chi connectivity index (χ3v) is 5.18. The summed E-state index contributed by atoms with van der Waals surface area (Å²) in [6.45, 7) is 4.29. The highest BCUT2D eigenvalue weighted by Gasteiger charge is 2.23. The van der Waals surface area contributed by atoms with Gasteiger partial charge in [-0.3, -0.25) is 4.79 Å². The number of amides is 1. The molecule has 0 atom stereocenters. The van der Waals surface area contributed by atoms with Crippen LogP contribution >= 0.6 is 11.3 Å². The summed E-state index contributed by atoms with van der Waals surface area (Å²) in [5.74, 6) is 0.0739. The molecule has 0 saturated carbocycles. The van der Waals surface area contributed by atoms with Gasteiger partial charge in [0.15, 0.2) is 0 Å². The molecule has 112 valence electrons. The molecule has 3 heterocycles. The molecule has 3 aromatic rings. The van der Waals surface area contributed by atoms with Crippen LogP contribution in [0.25, 0.3) is 11.0 Å². The lowest BCUT2D eigenvalue weighted by Crippen LogP contribution is -2.35. The number of aryl methyl sites for hydroxylation is 1. The van der Waals surface area contributed by atoms with E-state index in [1.165, 1.54) is 10.4 Å². The summed E-state index contributed by atoms with van der Waals surface area (Å²) in [7, 11) is 0. The Morgan fingerprint density at radius 2 is 2.27 bits per heavy atom. The summed E-state index contributed by atoms with van der Waals surface area (Å²) in [6, 6.07) is 7.78. The van der Waals surface area contributed by atoms with Gasteiger partial charge in [-0.2, -0.15) is 0 Å². The second-order valence-electron chi connectivity index (χ2n) is 5.45. The minimum absolute atomic E-state index is 0.0739. The van der Waals surface area contributed by atoms with Gasteiger partial charge in [0.05, 0.1) is 5.52 Å². The van der Waals surface area contributed by atoms with E-state index in [0.717, 1.165) is 30.5 Å². The molecule has 0 N–H and O–H groups in total. The molecule has 1 aromatic carbocycles. The molecule has 0 bridgehead atoms. The van der Waals surface area contributed by atoms with Gasteiger partial charge >= 0.3 is 0 Å². The zero-order valence-electron chi connectivity index (χ0n) is 12.3. The number of hydrogen-bond acceptors (Lipinski definition) is 4. The van der Waals surface area contributed by atoms with Crippen LogP contribution in [-0.2, 0) is 19.5 Å². The molecule has 4 rings (SSSR count). The van der Waals surface area contributed by atoms with E-state index >= 15 is 0 Å². The minimum atomic E-state index is 0.0739. The SMILES string of the molecule is CCn1nnc2cc(C(=O)N3CCc4sccc4C3)ccc21. The van der Waals surface area contributed by atoms with Gasteiger partial charge < -0.3 is 4.90 Å². The fourth-order valence-electron chi connectivity index (χ4n) is 2.94. The first-order valence-corrected chi connectivity index (χ1v) is 8.32. The Kier molecular flexibility index (Phi) is 3.18. The van der Waals surface area contributed by atoms with Crippen LogP contribution in [0.2, 0.25) is 0 Å². The summed E-state index contributed by atoms with van der Waals surface area (Å²) in [4.78, 5) is 16.1. The monoisotopic (exact) mass is 312 g/mol. The van der Waals surface area contributed by atoms with Gasteiger partial charge in [-0.1, -0.05) is 5.21 Å².